The number of nitrogens with zero attached hydrogens (tertiary/aromatic N) is 2. The third-order valence-electron chi connectivity index (χ3n) is 4.83. The first kappa shape index (κ1) is 20.2. The Morgan fingerprint density at radius 2 is 2.24 bits per heavy atom. The van der Waals surface area contributed by atoms with Gasteiger partial charge in [-0.2, -0.15) is 0 Å². The average molecular weight is 439 g/mol. The van der Waals surface area contributed by atoms with E-state index in [-0.39, 0.29) is 23.4 Å². The molecule has 4 rings (SSSR count). The van der Waals surface area contributed by atoms with E-state index in [4.69, 9.17) is 16.3 Å². The lowest BCUT2D eigenvalue weighted by molar-refractivity contribution is -0.124. The summed E-state index contributed by atoms with van der Waals surface area (Å²) in [6, 6.07) is 4.07. The van der Waals surface area contributed by atoms with E-state index in [1.807, 2.05) is 4.90 Å². The monoisotopic (exact) mass is 438 g/mol. The lowest BCUT2D eigenvalue weighted by Crippen LogP contribution is -2.36. The summed E-state index contributed by atoms with van der Waals surface area (Å²) in [5, 5.41) is 6.11. The SMILES string of the molecule is O=C(CN1CCc2nc(NC(=O)C3CCCO3)sc2C1)Nc1ccc(F)c(Cl)c1. The Labute approximate surface area is 176 Å². The number of rotatable bonds is 5. The van der Waals surface area contributed by atoms with E-state index in [1.165, 1.54) is 29.5 Å². The Hall–Kier alpha value is -2.07. The molecule has 7 nitrogen and oxygen atoms in total. The van der Waals surface area contributed by atoms with Crippen LogP contribution in [0.15, 0.2) is 18.2 Å². The molecular weight excluding hydrogens is 419 g/mol. The zero-order valence-electron chi connectivity index (χ0n) is 15.5. The number of halogens is 2. The molecule has 2 aromatic rings. The number of hydrogen-bond donors (Lipinski definition) is 2. The van der Waals surface area contributed by atoms with Crippen LogP contribution in [0.25, 0.3) is 0 Å². The van der Waals surface area contributed by atoms with Gasteiger partial charge in [0.2, 0.25) is 5.91 Å². The normalized spacial score (nSPS) is 19.0. The second-order valence-corrected chi connectivity index (χ2v) is 8.51. The standard InChI is InChI=1S/C19H20ClFN4O3S/c20-12-8-11(3-4-13(12)21)22-17(26)10-25-6-5-14-16(9-25)29-19(23-14)24-18(27)15-2-1-7-28-15/h3-4,8,15H,1-2,5-7,9-10H2,(H,22,26)(H,23,24,27). The van der Waals surface area contributed by atoms with Gasteiger partial charge in [0, 0.05) is 36.7 Å². The fourth-order valence-electron chi connectivity index (χ4n) is 3.38. The summed E-state index contributed by atoms with van der Waals surface area (Å²) < 4.78 is 18.6. The highest BCUT2D eigenvalue weighted by Crippen LogP contribution is 2.29. The van der Waals surface area contributed by atoms with Crippen molar-refractivity contribution in [2.24, 2.45) is 0 Å². The third kappa shape index (κ3) is 4.92. The highest BCUT2D eigenvalue weighted by Gasteiger charge is 2.26. The fraction of sp³-hybridized carbons (Fsp3) is 0.421. The van der Waals surface area contributed by atoms with Crippen LogP contribution >= 0.6 is 22.9 Å². The molecule has 10 heteroatoms. The van der Waals surface area contributed by atoms with E-state index in [0.29, 0.717) is 36.9 Å². The first-order valence-electron chi connectivity index (χ1n) is 9.36. The van der Waals surface area contributed by atoms with Gasteiger partial charge in [-0.15, -0.1) is 11.3 Å². The van der Waals surface area contributed by atoms with Crippen LogP contribution < -0.4 is 10.6 Å². The number of thiazole rings is 1. The molecule has 1 saturated heterocycles. The lowest BCUT2D eigenvalue weighted by Gasteiger charge is -2.25. The molecule has 1 fully saturated rings. The Bertz CT molecular complexity index is 932. The summed E-state index contributed by atoms with van der Waals surface area (Å²) in [4.78, 5) is 32.1. The molecule has 0 spiro atoms. The van der Waals surface area contributed by atoms with Gasteiger partial charge >= 0.3 is 0 Å². The second kappa shape index (κ2) is 8.74. The largest absolute Gasteiger partial charge is 0.368 e. The Balaban J connectivity index is 1.32. The number of nitrogens with one attached hydrogen (secondary N) is 2. The first-order valence-corrected chi connectivity index (χ1v) is 10.6. The van der Waals surface area contributed by atoms with E-state index in [9.17, 15) is 14.0 Å². The van der Waals surface area contributed by atoms with Crippen molar-refractivity contribution in [1.82, 2.24) is 9.88 Å². The van der Waals surface area contributed by atoms with Crippen molar-refractivity contribution in [1.29, 1.82) is 0 Å². The first-order chi connectivity index (χ1) is 14.0. The number of ether oxygens (including phenoxy) is 1. The van der Waals surface area contributed by atoms with E-state index < -0.39 is 11.9 Å². The van der Waals surface area contributed by atoms with Crippen molar-refractivity contribution in [3.63, 3.8) is 0 Å². The van der Waals surface area contributed by atoms with E-state index >= 15 is 0 Å². The molecule has 2 amide bonds. The van der Waals surface area contributed by atoms with Gasteiger partial charge in [-0.05, 0) is 31.0 Å². The van der Waals surface area contributed by atoms with Crippen molar-refractivity contribution >= 4 is 45.6 Å². The molecule has 0 radical (unpaired) electrons. The maximum Gasteiger partial charge on any atom is 0.255 e. The Kier molecular flexibility index (Phi) is 6.09. The van der Waals surface area contributed by atoms with E-state index in [0.717, 1.165) is 23.4 Å². The minimum absolute atomic E-state index is 0.0346. The zero-order chi connectivity index (χ0) is 20.4. The molecule has 0 saturated carbocycles. The number of carbonyl (C=O) groups excluding carboxylic acids is 2. The molecule has 1 atom stereocenters. The van der Waals surface area contributed by atoms with Gasteiger partial charge in [0.15, 0.2) is 5.13 Å². The second-order valence-electron chi connectivity index (χ2n) is 7.02. The van der Waals surface area contributed by atoms with Gasteiger partial charge in [0.25, 0.3) is 5.91 Å². The van der Waals surface area contributed by atoms with Crippen LogP contribution in [-0.4, -0.2) is 47.5 Å². The minimum Gasteiger partial charge on any atom is -0.368 e. The van der Waals surface area contributed by atoms with Crippen LogP contribution in [0, 0.1) is 5.82 Å². The Morgan fingerprint density at radius 3 is 3.00 bits per heavy atom. The molecule has 0 aliphatic carbocycles. The number of anilines is 2. The van der Waals surface area contributed by atoms with Gasteiger partial charge in [0.1, 0.15) is 11.9 Å². The van der Waals surface area contributed by atoms with Crippen LogP contribution in [0.5, 0.6) is 0 Å². The summed E-state index contributed by atoms with van der Waals surface area (Å²) in [6.45, 7) is 2.09. The van der Waals surface area contributed by atoms with E-state index in [2.05, 4.69) is 15.6 Å². The van der Waals surface area contributed by atoms with Crippen LogP contribution in [-0.2, 0) is 27.3 Å². The van der Waals surface area contributed by atoms with Gasteiger partial charge in [-0.25, -0.2) is 9.37 Å². The van der Waals surface area contributed by atoms with Crippen molar-refractivity contribution in [2.45, 2.75) is 31.9 Å². The van der Waals surface area contributed by atoms with Gasteiger partial charge < -0.3 is 10.1 Å². The summed E-state index contributed by atoms with van der Waals surface area (Å²) in [6.07, 6.45) is 1.94. The molecular formula is C19H20ClFN4O3S. The molecule has 1 unspecified atom stereocenters. The Morgan fingerprint density at radius 1 is 1.38 bits per heavy atom. The molecule has 0 bridgehead atoms. The number of amides is 2. The molecule has 2 aliphatic heterocycles. The molecule has 2 aliphatic rings. The predicted molar refractivity (Wildman–Crippen MR) is 109 cm³/mol. The number of fused-ring (bicyclic) bond motifs is 1. The molecule has 1 aromatic carbocycles. The maximum atomic E-state index is 13.2. The lowest BCUT2D eigenvalue weighted by atomic mass is 10.2. The van der Waals surface area contributed by atoms with Crippen LogP contribution in [0.3, 0.4) is 0 Å². The molecule has 1 aromatic heterocycles. The van der Waals surface area contributed by atoms with Gasteiger partial charge in [0.05, 0.1) is 17.3 Å². The molecule has 3 heterocycles. The van der Waals surface area contributed by atoms with Crippen LogP contribution in [0.4, 0.5) is 15.2 Å². The average Bonchev–Trinajstić information content (AvgIpc) is 3.34. The zero-order valence-corrected chi connectivity index (χ0v) is 17.1. The quantitative estimate of drug-likeness (QED) is 0.749. The smallest absolute Gasteiger partial charge is 0.255 e. The number of carbonyl (C=O) groups is 2. The van der Waals surface area contributed by atoms with Gasteiger partial charge in [-0.3, -0.25) is 19.8 Å². The highest BCUT2D eigenvalue weighted by molar-refractivity contribution is 7.15. The summed E-state index contributed by atoms with van der Waals surface area (Å²) in [5.41, 5.74) is 1.41. The number of aromatic nitrogens is 1. The minimum atomic E-state index is -0.527. The summed E-state index contributed by atoms with van der Waals surface area (Å²) in [5.74, 6) is -0.879. The van der Waals surface area contributed by atoms with Crippen LogP contribution in [0.1, 0.15) is 23.4 Å². The van der Waals surface area contributed by atoms with Gasteiger partial charge in [-0.1, -0.05) is 11.6 Å². The van der Waals surface area contributed by atoms with Crippen molar-refractivity contribution < 1.29 is 18.7 Å². The number of benzene rings is 1. The van der Waals surface area contributed by atoms with Crippen molar-refractivity contribution in [3.8, 4) is 0 Å². The van der Waals surface area contributed by atoms with Crippen molar-refractivity contribution in [2.75, 3.05) is 30.3 Å². The summed E-state index contributed by atoms with van der Waals surface area (Å²) >= 11 is 7.17. The molecule has 29 heavy (non-hydrogen) atoms. The molecule has 154 valence electrons. The van der Waals surface area contributed by atoms with Crippen molar-refractivity contribution in [3.05, 3.63) is 39.6 Å². The number of hydrogen-bond acceptors (Lipinski definition) is 6. The third-order valence-corrected chi connectivity index (χ3v) is 6.12. The fourth-order valence-corrected chi connectivity index (χ4v) is 4.62. The topological polar surface area (TPSA) is 83.6 Å². The summed E-state index contributed by atoms with van der Waals surface area (Å²) in [7, 11) is 0. The van der Waals surface area contributed by atoms with Crippen LogP contribution in [0.2, 0.25) is 5.02 Å². The maximum absolute atomic E-state index is 13.2. The highest BCUT2D eigenvalue weighted by atomic mass is 35.5. The van der Waals surface area contributed by atoms with E-state index in [1.54, 1.807) is 0 Å². The molecule has 2 N–H and O–H groups in total. The predicted octanol–water partition coefficient (Wildman–Crippen LogP) is 3.05.